The first kappa shape index (κ1) is 21.1. The zero-order valence-corrected chi connectivity index (χ0v) is 13.9. The van der Waals surface area contributed by atoms with E-state index in [1.807, 2.05) is 0 Å². The molecule has 10 heteroatoms. The molecule has 0 aliphatic heterocycles. The van der Waals surface area contributed by atoms with Crippen molar-refractivity contribution in [1.82, 2.24) is 10.6 Å². The molecule has 4 N–H and O–H groups in total. The fraction of sp³-hybridized carbons (Fsp3) is 0.375. The Hall–Kier alpha value is -2.98. The normalized spacial score (nSPS) is 9.92. The Bertz CT molecular complexity index is 575. The van der Waals surface area contributed by atoms with Gasteiger partial charge in [0.1, 0.15) is 0 Å². The molecule has 26 heavy (non-hydrogen) atoms. The SMILES string of the molecule is O=C(CCCNC(=O)c1ccc(C(=O)NCCCC(=O)OO)cc1)OO. The van der Waals surface area contributed by atoms with E-state index in [1.54, 1.807) is 0 Å². The van der Waals surface area contributed by atoms with Gasteiger partial charge in [-0.15, -0.1) is 0 Å². The van der Waals surface area contributed by atoms with E-state index >= 15 is 0 Å². The number of hydrogen-bond acceptors (Lipinski definition) is 8. The highest BCUT2D eigenvalue weighted by atomic mass is 17.1. The summed E-state index contributed by atoms with van der Waals surface area (Å²) in [6, 6.07) is 5.93. The van der Waals surface area contributed by atoms with Crippen LogP contribution in [-0.2, 0) is 19.4 Å². The highest BCUT2D eigenvalue weighted by Crippen LogP contribution is 2.05. The zero-order valence-electron chi connectivity index (χ0n) is 13.9. The average Bonchev–Trinajstić information content (AvgIpc) is 2.67. The predicted molar refractivity (Wildman–Crippen MR) is 87.0 cm³/mol. The van der Waals surface area contributed by atoms with E-state index in [0.717, 1.165) is 0 Å². The summed E-state index contributed by atoms with van der Waals surface area (Å²) in [7, 11) is 0. The van der Waals surface area contributed by atoms with Gasteiger partial charge in [0, 0.05) is 24.2 Å². The zero-order chi connectivity index (χ0) is 19.4. The third-order valence-corrected chi connectivity index (χ3v) is 3.30. The summed E-state index contributed by atoms with van der Waals surface area (Å²) in [5.74, 6) is -2.28. The number of benzene rings is 1. The second kappa shape index (κ2) is 11.6. The first-order valence-corrected chi connectivity index (χ1v) is 7.83. The first-order valence-electron chi connectivity index (χ1n) is 7.83. The van der Waals surface area contributed by atoms with E-state index in [1.165, 1.54) is 24.3 Å². The van der Waals surface area contributed by atoms with Crippen molar-refractivity contribution in [1.29, 1.82) is 0 Å². The average molecular weight is 368 g/mol. The smallest absolute Gasteiger partial charge is 0.342 e. The quantitative estimate of drug-likeness (QED) is 0.268. The Labute approximate surface area is 149 Å². The van der Waals surface area contributed by atoms with Crippen molar-refractivity contribution in [2.45, 2.75) is 25.7 Å². The summed E-state index contributed by atoms with van der Waals surface area (Å²) in [4.78, 5) is 52.2. The van der Waals surface area contributed by atoms with Gasteiger partial charge in [0.05, 0.1) is 12.8 Å². The summed E-state index contributed by atoms with van der Waals surface area (Å²) in [6.07, 6.45) is 0.586. The Kier molecular flexibility index (Phi) is 9.36. The van der Waals surface area contributed by atoms with Crippen LogP contribution in [0, 0.1) is 0 Å². The molecule has 0 unspecified atom stereocenters. The summed E-state index contributed by atoms with van der Waals surface area (Å²) in [6.45, 7) is 0.457. The lowest BCUT2D eigenvalue weighted by molar-refractivity contribution is -0.234. The third-order valence-electron chi connectivity index (χ3n) is 3.30. The Morgan fingerprint density at radius 2 is 1.08 bits per heavy atom. The molecule has 0 aromatic heterocycles. The molecule has 2 amide bonds. The van der Waals surface area contributed by atoms with Crippen LogP contribution in [0.3, 0.4) is 0 Å². The summed E-state index contributed by atoms with van der Waals surface area (Å²) in [5, 5.41) is 21.4. The summed E-state index contributed by atoms with van der Waals surface area (Å²) < 4.78 is 0. The second-order valence-corrected chi connectivity index (χ2v) is 5.22. The molecule has 0 atom stereocenters. The first-order chi connectivity index (χ1) is 12.5. The second-order valence-electron chi connectivity index (χ2n) is 5.22. The van der Waals surface area contributed by atoms with Gasteiger partial charge in [-0.25, -0.2) is 9.59 Å². The molecule has 1 rings (SSSR count). The highest BCUT2D eigenvalue weighted by molar-refractivity contribution is 5.97. The van der Waals surface area contributed by atoms with Crippen molar-refractivity contribution in [3.05, 3.63) is 35.4 Å². The van der Waals surface area contributed by atoms with Crippen LogP contribution in [-0.4, -0.2) is 47.4 Å². The van der Waals surface area contributed by atoms with Crippen LogP contribution in [0.2, 0.25) is 0 Å². The van der Waals surface area contributed by atoms with Crippen LogP contribution in [0.15, 0.2) is 24.3 Å². The van der Waals surface area contributed by atoms with Crippen LogP contribution in [0.5, 0.6) is 0 Å². The third kappa shape index (κ3) is 7.73. The lowest BCUT2D eigenvalue weighted by atomic mass is 10.1. The molecular formula is C16H20N2O8. The summed E-state index contributed by atoms with van der Waals surface area (Å²) >= 11 is 0. The van der Waals surface area contributed by atoms with E-state index in [2.05, 4.69) is 20.4 Å². The van der Waals surface area contributed by atoms with Gasteiger partial charge in [-0.2, -0.15) is 10.5 Å². The minimum Gasteiger partial charge on any atom is -0.352 e. The highest BCUT2D eigenvalue weighted by Gasteiger charge is 2.09. The Balaban J connectivity index is 2.37. The Morgan fingerprint density at radius 1 is 0.731 bits per heavy atom. The van der Waals surface area contributed by atoms with Gasteiger partial charge in [-0.3, -0.25) is 9.59 Å². The maximum Gasteiger partial charge on any atom is 0.342 e. The number of amides is 2. The summed E-state index contributed by atoms with van der Waals surface area (Å²) in [5.41, 5.74) is 0.689. The molecule has 0 heterocycles. The van der Waals surface area contributed by atoms with Crippen LogP contribution < -0.4 is 10.6 Å². The maximum atomic E-state index is 11.9. The molecule has 0 saturated heterocycles. The molecule has 142 valence electrons. The molecule has 0 saturated carbocycles. The largest absolute Gasteiger partial charge is 0.352 e. The Morgan fingerprint density at radius 3 is 1.38 bits per heavy atom. The van der Waals surface area contributed by atoms with Gasteiger partial charge in [0.15, 0.2) is 0 Å². The number of carbonyl (C=O) groups excluding carboxylic acids is 4. The van der Waals surface area contributed by atoms with Crippen molar-refractivity contribution in [3.63, 3.8) is 0 Å². The van der Waals surface area contributed by atoms with E-state index < -0.39 is 11.9 Å². The van der Waals surface area contributed by atoms with E-state index in [9.17, 15) is 19.2 Å². The van der Waals surface area contributed by atoms with Crippen molar-refractivity contribution in [2.75, 3.05) is 13.1 Å². The molecule has 0 spiro atoms. The minimum atomic E-state index is -0.775. The molecule has 0 aliphatic rings. The lowest BCUT2D eigenvalue weighted by Crippen LogP contribution is -2.26. The monoisotopic (exact) mass is 368 g/mol. The lowest BCUT2D eigenvalue weighted by Gasteiger charge is -2.07. The fourth-order valence-electron chi connectivity index (χ4n) is 1.94. The molecule has 0 bridgehead atoms. The fourth-order valence-corrected chi connectivity index (χ4v) is 1.94. The van der Waals surface area contributed by atoms with Gasteiger partial charge < -0.3 is 20.4 Å². The van der Waals surface area contributed by atoms with Gasteiger partial charge in [0.25, 0.3) is 11.8 Å². The van der Waals surface area contributed by atoms with Crippen molar-refractivity contribution < 1.29 is 39.5 Å². The number of hydrogen-bond donors (Lipinski definition) is 4. The van der Waals surface area contributed by atoms with Gasteiger partial charge in [-0.1, -0.05) is 0 Å². The molecule has 1 aromatic rings. The van der Waals surface area contributed by atoms with E-state index in [-0.39, 0.29) is 37.7 Å². The van der Waals surface area contributed by atoms with Crippen LogP contribution in [0.1, 0.15) is 46.4 Å². The molecule has 0 fully saturated rings. The maximum absolute atomic E-state index is 11.9. The van der Waals surface area contributed by atoms with Crippen molar-refractivity contribution in [3.8, 4) is 0 Å². The number of rotatable bonds is 10. The van der Waals surface area contributed by atoms with Gasteiger partial charge in [-0.05, 0) is 37.1 Å². The predicted octanol–water partition coefficient (Wildman–Crippen LogP) is 0.739. The minimum absolute atomic E-state index is 0.0219. The van der Waals surface area contributed by atoms with Crippen molar-refractivity contribution >= 4 is 23.8 Å². The molecule has 1 aromatic carbocycles. The number of carbonyl (C=O) groups is 4. The van der Waals surface area contributed by atoms with Crippen LogP contribution in [0.4, 0.5) is 0 Å². The molecular weight excluding hydrogens is 348 g/mol. The van der Waals surface area contributed by atoms with Crippen LogP contribution >= 0.6 is 0 Å². The molecule has 0 radical (unpaired) electrons. The topological polar surface area (TPSA) is 151 Å². The van der Waals surface area contributed by atoms with Crippen molar-refractivity contribution in [2.24, 2.45) is 0 Å². The standard InChI is InChI=1S/C16H20N2O8/c19-13(25-23)3-1-9-17-15(21)11-5-7-12(8-6-11)16(22)18-10-2-4-14(20)26-24/h5-8,23-24H,1-4,9-10H2,(H,17,21)(H,18,22). The van der Waals surface area contributed by atoms with Crippen LogP contribution in [0.25, 0.3) is 0 Å². The van der Waals surface area contributed by atoms with E-state index in [4.69, 9.17) is 10.5 Å². The van der Waals surface area contributed by atoms with Gasteiger partial charge in [0.2, 0.25) is 0 Å². The van der Waals surface area contributed by atoms with E-state index in [0.29, 0.717) is 24.0 Å². The number of nitrogens with one attached hydrogen (secondary N) is 2. The molecule has 10 nitrogen and oxygen atoms in total. The molecule has 0 aliphatic carbocycles. The van der Waals surface area contributed by atoms with Gasteiger partial charge >= 0.3 is 11.9 Å².